The molecule has 0 aromatic heterocycles. The number of carbonyl (C=O) groups is 1. The Morgan fingerprint density at radius 1 is 1.32 bits per heavy atom. The van der Waals surface area contributed by atoms with Crippen molar-refractivity contribution in [2.45, 2.75) is 19.9 Å². The summed E-state index contributed by atoms with van der Waals surface area (Å²) in [4.78, 5) is 15.5. The van der Waals surface area contributed by atoms with Crippen LogP contribution >= 0.6 is 0 Å². The molecule has 0 aliphatic carbocycles. The molecule has 19 heavy (non-hydrogen) atoms. The smallest absolute Gasteiger partial charge is 0.219 e. The molecule has 1 aliphatic heterocycles. The van der Waals surface area contributed by atoms with Gasteiger partial charge in [-0.15, -0.1) is 0 Å². The summed E-state index contributed by atoms with van der Waals surface area (Å²) in [6.07, 6.45) is 0.961. The Morgan fingerprint density at radius 2 is 2.11 bits per heavy atom. The number of benzene rings is 1. The highest BCUT2D eigenvalue weighted by atomic mass is 16.3. The largest absolute Gasteiger partial charge is 0.508 e. The number of carbonyl (C=O) groups excluding carboxylic acids is 1. The molecular weight excluding hydrogens is 242 g/mol. The molecule has 104 valence electrons. The molecule has 0 unspecified atom stereocenters. The second kappa shape index (κ2) is 5.93. The molecule has 1 fully saturated rings. The third-order valence-corrected chi connectivity index (χ3v) is 3.53. The van der Waals surface area contributed by atoms with Gasteiger partial charge in [-0.1, -0.05) is 0 Å². The predicted molar refractivity (Wildman–Crippen MR) is 74.7 cm³/mol. The number of phenols is 1. The van der Waals surface area contributed by atoms with E-state index in [0.717, 1.165) is 38.2 Å². The van der Waals surface area contributed by atoms with Crippen LogP contribution in [0.1, 0.15) is 18.9 Å². The zero-order valence-electron chi connectivity index (χ0n) is 11.3. The van der Waals surface area contributed by atoms with Crippen molar-refractivity contribution in [3.05, 3.63) is 23.8 Å². The van der Waals surface area contributed by atoms with Crippen molar-refractivity contribution in [1.82, 2.24) is 9.80 Å². The molecule has 1 saturated heterocycles. The van der Waals surface area contributed by atoms with Crippen molar-refractivity contribution in [2.24, 2.45) is 0 Å². The molecule has 0 radical (unpaired) electrons. The summed E-state index contributed by atoms with van der Waals surface area (Å²) in [5.41, 5.74) is 7.25. The summed E-state index contributed by atoms with van der Waals surface area (Å²) in [5.74, 6) is 0.413. The Bertz CT molecular complexity index is 462. The van der Waals surface area contributed by atoms with Crippen molar-refractivity contribution >= 4 is 11.6 Å². The molecule has 2 rings (SSSR count). The lowest BCUT2D eigenvalue weighted by Gasteiger charge is -2.21. The second-order valence-electron chi connectivity index (χ2n) is 5.02. The topological polar surface area (TPSA) is 69.8 Å². The SMILES string of the molecule is CC(=O)N1CCCN(Cc2cc(N)ccc2O)CC1. The van der Waals surface area contributed by atoms with Crippen LogP contribution in [0.25, 0.3) is 0 Å². The average Bonchev–Trinajstić information content (AvgIpc) is 2.59. The van der Waals surface area contributed by atoms with Crippen molar-refractivity contribution in [2.75, 3.05) is 31.9 Å². The van der Waals surface area contributed by atoms with Crippen LogP contribution in [0.5, 0.6) is 5.75 Å². The second-order valence-corrected chi connectivity index (χ2v) is 5.02. The van der Waals surface area contributed by atoms with Crippen LogP contribution in [0.15, 0.2) is 18.2 Å². The van der Waals surface area contributed by atoms with Gasteiger partial charge >= 0.3 is 0 Å². The predicted octanol–water partition coefficient (Wildman–Crippen LogP) is 1.03. The summed E-state index contributed by atoms with van der Waals surface area (Å²) < 4.78 is 0. The van der Waals surface area contributed by atoms with Gasteiger partial charge in [0.25, 0.3) is 0 Å². The van der Waals surface area contributed by atoms with E-state index in [0.29, 0.717) is 12.2 Å². The highest BCUT2D eigenvalue weighted by molar-refractivity contribution is 5.73. The fraction of sp³-hybridized carbons (Fsp3) is 0.500. The number of hydrogen-bond donors (Lipinski definition) is 2. The minimum absolute atomic E-state index is 0.133. The van der Waals surface area contributed by atoms with Gasteiger partial charge in [0, 0.05) is 50.9 Å². The van der Waals surface area contributed by atoms with E-state index >= 15 is 0 Å². The summed E-state index contributed by atoms with van der Waals surface area (Å²) >= 11 is 0. The fourth-order valence-electron chi connectivity index (χ4n) is 2.42. The first-order valence-electron chi connectivity index (χ1n) is 6.61. The Hall–Kier alpha value is -1.75. The minimum atomic E-state index is 0.133. The van der Waals surface area contributed by atoms with Crippen molar-refractivity contribution < 1.29 is 9.90 Å². The quantitative estimate of drug-likeness (QED) is 0.617. The number of amides is 1. The maximum absolute atomic E-state index is 11.4. The molecule has 3 N–H and O–H groups in total. The van der Waals surface area contributed by atoms with E-state index in [-0.39, 0.29) is 11.7 Å². The number of phenolic OH excluding ortho intramolecular Hbond substituents is 1. The zero-order valence-corrected chi connectivity index (χ0v) is 11.3. The normalized spacial score (nSPS) is 17.2. The molecule has 5 heteroatoms. The monoisotopic (exact) mass is 263 g/mol. The van der Waals surface area contributed by atoms with Gasteiger partial charge in [0.2, 0.25) is 5.91 Å². The van der Waals surface area contributed by atoms with Gasteiger partial charge in [-0.25, -0.2) is 0 Å². The summed E-state index contributed by atoms with van der Waals surface area (Å²) in [6, 6.07) is 5.13. The number of nitrogens with two attached hydrogens (primary N) is 1. The van der Waals surface area contributed by atoms with E-state index in [1.807, 2.05) is 11.0 Å². The molecule has 1 aromatic rings. The third kappa shape index (κ3) is 3.61. The summed E-state index contributed by atoms with van der Waals surface area (Å²) in [6.45, 7) is 5.60. The van der Waals surface area contributed by atoms with Crippen LogP contribution in [0.2, 0.25) is 0 Å². The van der Waals surface area contributed by atoms with Gasteiger partial charge in [0.1, 0.15) is 5.75 Å². The van der Waals surface area contributed by atoms with Crippen LogP contribution in [0, 0.1) is 0 Å². The van der Waals surface area contributed by atoms with E-state index in [1.165, 1.54) is 0 Å². The molecule has 1 aliphatic rings. The van der Waals surface area contributed by atoms with Gasteiger partial charge in [-0.2, -0.15) is 0 Å². The molecule has 1 amide bonds. The van der Waals surface area contributed by atoms with E-state index in [1.54, 1.807) is 19.1 Å². The molecular formula is C14H21N3O2. The lowest BCUT2D eigenvalue weighted by molar-refractivity contribution is -0.128. The van der Waals surface area contributed by atoms with Crippen molar-refractivity contribution in [3.8, 4) is 5.75 Å². The molecule has 5 nitrogen and oxygen atoms in total. The highest BCUT2D eigenvalue weighted by Gasteiger charge is 2.17. The summed E-state index contributed by atoms with van der Waals surface area (Å²) in [7, 11) is 0. The van der Waals surface area contributed by atoms with E-state index in [4.69, 9.17) is 5.73 Å². The maximum Gasteiger partial charge on any atom is 0.219 e. The Kier molecular flexibility index (Phi) is 4.27. The molecule has 0 spiro atoms. The van der Waals surface area contributed by atoms with Gasteiger partial charge in [0.05, 0.1) is 0 Å². The number of rotatable bonds is 2. The number of aromatic hydroxyl groups is 1. The molecule has 0 atom stereocenters. The number of hydrogen-bond acceptors (Lipinski definition) is 4. The van der Waals surface area contributed by atoms with Crippen LogP contribution in [-0.4, -0.2) is 47.0 Å². The highest BCUT2D eigenvalue weighted by Crippen LogP contribution is 2.22. The third-order valence-electron chi connectivity index (χ3n) is 3.53. The first-order valence-corrected chi connectivity index (χ1v) is 6.61. The van der Waals surface area contributed by atoms with Gasteiger partial charge in [-0.3, -0.25) is 9.69 Å². The Balaban J connectivity index is 1.99. The van der Waals surface area contributed by atoms with E-state index < -0.39 is 0 Å². The number of anilines is 1. The standard InChI is InChI=1S/C14H21N3O2/c1-11(18)17-6-2-5-16(7-8-17)10-12-9-13(15)3-4-14(12)19/h3-4,9,19H,2,5-8,10,15H2,1H3. The van der Waals surface area contributed by atoms with E-state index in [2.05, 4.69) is 4.90 Å². The lowest BCUT2D eigenvalue weighted by Crippen LogP contribution is -2.33. The van der Waals surface area contributed by atoms with E-state index in [9.17, 15) is 9.90 Å². The van der Waals surface area contributed by atoms with Gasteiger partial charge in [0.15, 0.2) is 0 Å². The summed E-state index contributed by atoms with van der Waals surface area (Å²) in [5, 5.41) is 9.83. The van der Waals surface area contributed by atoms with Crippen LogP contribution < -0.4 is 5.73 Å². The maximum atomic E-state index is 11.4. The van der Waals surface area contributed by atoms with Crippen LogP contribution in [0.4, 0.5) is 5.69 Å². The molecule has 0 saturated carbocycles. The number of nitrogen functional groups attached to an aromatic ring is 1. The number of nitrogens with zero attached hydrogens (tertiary/aromatic N) is 2. The van der Waals surface area contributed by atoms with Crippen LogP contribution in [0.3, 0.4) is 0 Å². The fourth-order valence-corrected chi connectivity index (χ4v) is 2.42. The minimum Gasteiger partial charge on any atom is -0.508 e. The van der Waals surface area contributed by atoms with Crippen molar-refractivity contribution in [1.29, 1.82) is 0 Å². The van der Waals surface area contributed by atoms with Gasteiger partial charge in [-0.05, 0) is 24.6 Å². The first-order chi connectivity index (χ1) is 9.06. The average molecular weight is 263 g/mol. The van der Waals surface area contributed by atoms with Crippen LogP contribution in [-0.2, 0) is 11.3 Å². The van der Waals surface area contributed by atoms with Crippen molar-refractivity contribution in [3.63, 3.8) is 0 Å². The Labute approximate surface area is 113 Å². The molecule has 1 heterocycles. The zero-order chi connectivity index (χ0) is 13.8. The molecule has 0 bridgehead atoms. The Morgan fingerprint density at radius 3 is 2.84 bits per heavy atom. The molecule has 1 aromatic carbocycles. The van der Waals surface area contributed by atoms with Gasteiger partial charge < -0.3 is 15.7 Å². The lowest BCUT2D eigenvalue weighted by atomic mass is 10.1. The first kappa shape index (κ1) is 13.7.